The van der Waals surface area contributed by atoms with Gasteiger partial charge in [0, 0.05) is 49.2 Å². The van der Waals surface area contributed by atoms with Crippen LogP contribution >= 0.6 is 12.2 Å². The second-order valence-electron chi connectivity index (χ2n) is 8.07. The van der Waals surface area contributed by atoms with Crippen LogP contribution in [0.3, 0.4) is 0 Å². The van der Waals surface area contributed by atoms with E-state index in [0.29, 0.717) is 12.1 Å². The average Bonchev–Trinajstić information content (AvgIpc) is 3.04. The van der Waals surface area contributed by atoms with Crippen molar-refractivity contribution in [1.82, 2.24) is 14.4 Å². The Hall–Kier alpha value is -2.90. The van der Waals surface area contributed by atoms with Crippen LogP contribution in [0.4, 0.5) is 0 Å². The number of nitrogens with zero attached hydrogens (tertiary/aromatic N) is 3. The summed E-state index contributed by atoms with van der Waals surface area (Å²) in [5.74, 6) is 0.120. The van der Waals surface area contributed by atoms with Gasteiger partial charge in [0.25, 0.3) is 0 Å². The zero-order valence-electron chi connectivity index (χ0n) is 17.0. The Labute approximate surface area is 180 Å². The molecular weight excluding hydrogens is 398 g/mol. The second-order valence-corrected chi connectivity index (χ2v) is 8.49. The van der Waals surface area contributed by atoms with Crippen molar-refractivity contribution in [3.63, 3.8) is 0 Å². The van der Waals surface area contributed by atoms with Gasteiger partial charge in [-0.3, -0.25) is 4.90 Å². The van der Waals surface area contributed by atoms with E-state index in [2.05, 4.69) is 33.5 Å². The molecule has 0 amide bonds. The van der Waals surface area contributed by atoms with Gasteiger partial charge in [-0.05, 0) is 41.5 Å². The van der Waals surface area contributed by atoms with Crippen LogP contribution in [-0.2, 0) is 13.1 Å². The Morgan fingerprint density at radius 3 is 2.70 bits per heavy atom. The van der Waals surface area contributed by atoms with Crippen LogP contribution < -0.4 is 4.74 Å². The monoisotopic (exact) mass is 421 g/mol. The predicted molar refractivity (Wildman–Crippen MR) is 119 cm³/mol. The van der Waals surface area contributed by atoms with Crippen molar-refractivity contribution in [1.29, 1.82) is 0 Å². The highest BCUT2D eigenvalue weighted by molar-refractivity contribution is 7.80. The lowest BCUT2D eigenvalue weighted by atomic mass is 9.90. The zero-order valence-corrected chi connectivity index (χ0v) is 17.8. The topological polar surface area (TPSA) is 57.9 Å². The van der Waals surface area contributed by atoms with Crippen LogP contribution in [0.5, 0.6) is 5.75 Å². The number of hydrogen-bond acceptors (Lipinski definition) is 4. The van der Waals surface area contributed by atoms with E-state index in [9.17, 15) is 9.90 Å². The number of benzene rings is 2. The van der Waals surface area contributed by atoms with Gasteiger partial charge in [-0.1, -0.05) is 24.4 Å². The summed E-state index contributed by atoms with van der Waals surface area (Å²) in [6.07, 6.45) is 0. The van der Waals surface area contributed by atoms with Crippen molar-refractivity contribution in [3.8, 4) is 5.75 Å². The van der Waals surface area contributed by atoms with Crippen LogP contribution in [0.2, 0.25) is 0 Å². The fraction of sp³-hybridized carbons (Fsp3) is 0.304. The van der Waals surface area contributed by atoms with Gasteiger partial charge in [-0.15, -0.1) is 0 Å². The molecule has 7 heteroatoms. The van der Waals surface area contributed by atoms with E-state index in [1.54, 1.807) is 19.2 Å². The molecule has 0 spiro atoms. The van der Waals surface area contributed by atoms with Crippen molar-refractivity contribution in [2.75, 3.05) is 27.4 Å². The summed E-state index contributed by atoms with van der Waals surface area (Å²) in [5, 5.41) is 10.4. The molecule has 3 aromatic rings. The number of aromatic carboxylic acids is 1. The van der Waals surface area contributed by atoms with E-state index in [-0.39, 0.29) is 5.92 Å². The number of hydrogen-bond donors (Lipinski definition) is 1. The first kappa shape index (κ1) is 19.1. The van der Waals surface area contributed by atoms with Gasteiger partial charge in [0.15, 0.2) is 0 Å². The highest BCUT2D eigenvalue weighted by Gasteiger charge is 2.38. The first-order valence-electron chi connectivity index (χ1n) is 9.95. The quantitative estimate of drug-likeness (QED) is 0.651. The summed E-state index contributed by atoms with van der Waals surface area (Å²) in [7, 11) is 3.76. The number of thiocarbonyl (C=S) groups is 1. The van der Waals surface area contributed by atoms with Gasteiger partial charge in [0.1, 0.15) is 5.75 Å². The summed E-state index contributed by atoms with van der Waals surface area (Å²) >= 11 is 5.82. The fourth-order valence-corrected chi connectivity index (χ4v) is 5.04. The van der Waals surface area contributed by atoms with E-state index in [0.717, 1.165) is 41.6 Å². The lowest BCUT2D eigenvalue weighted by Crippen LogP contribution is -2.52. The number of likely N-dealkylation sites (N-methyl/N-ethyl adjacent to an activating group) is 1. The van der Waals surface area contributed by atoms with Gasteiger partial charge in [-0.25, -0.2) is 4.79 Å². The molecule has 30 heavy (non-hydrogen) atoms. The fourth-order valence-electron chi connectivity index (χ4n) is 4.79. The third kappa shape index (κ3) is 2.97. The molecule has 2 aromatic carbocycles. The average molecular weight is 422 g/mol. The minimum absolute atomic E-state index is 0.188. The molecule has 0 aliphatic carbocycles. The standard InChI is InChI=1S/C23H23N3O3S/c1-24-13-25-11-18(22(24)30)21-17-9-16(29-2)7-8-19(17)26(20(21)12-25)10-14-3-5-15(6-4-14)23(27)28/h3-9,18H,10-13H2,1-2H3,(H,27,28). The SMILES string of the molecule is COc1ccc2c(c1)c1c(n2Cc2ccc(C(=O)O)cc2)CN2CC1C(=S)N(C)C2. The van der Waals surface area contributed by atoms with Crippen molar-refractivity contribution in [2.45, 2.75) is 19.0 Å². The first-order chi connectivity index (χ1) is 14.5. The second kappa shape index (κ2) is 7.11. The molecule has 154 valence electrons. The van der Waals surface area contributed by atoms with Crippen molar-refractivity contribution >= 4 is 34.1 Å². The molecule has 2 bridgehead atoms. The molecule has 5 rings (SSSR count). The molecule has 3 heterocycles. The first-order valence-corrected chi connectivity index (χ1v) is 10.4. The van der Waals surface area contributed by atoms with Gasteiger partial charge in [0.05, 0.1) is 24.3 Å². The van der Waals surface area contributed by atoms with E-state index < -0.39 is 5.97 Å². The maximum Gasteiger partial charge on any atom is 0.335 e. The van der Waals surface area contributed by atoms with E-state index in [1.807, 2.05) is 18.2 Å². The van der Waals surface area contributed by atoms with E-state index in [4.69, 9.17) is 17.0 Å². The van der Waals surface area contributed by atoms with Crippen LogP contribution in [0, 0.1) is 0 Å². The molecule has 1 aromatic heterocycles. The Kier molecular flexibility index (Phi) is 4.52. The number of carboxylic acid groups (broad SMARTS) is 1. The molecule has 1 saturated heterocycles. The van der Waals surface area contributed by atoms with E-state index in [1.165, 1.54) is 16.6 Å². The summed E-state index contributed by atoms with van der Waals surface area (Å²) in [5.41, 5.74) is 5.12. The molecule has 6 nitrogen and oxygen atoms in total. The molecule has 1 N–H and O–H groups in total. The molecule has 2 aliphatic rings. The third-order valence-corrected chi connectivity index (χ3v) is 6.81. The minimum atomic E-state index is -0.907. The number of rotatable bonds is 4. The largest absolute Gasteiger partial charge is 0.497 e. The predicted octanol–water partition coefficient (Wildman–Crippen LogP) is 3.53. The van der Waals surface area contributed by atoms with Crippen molar-refractivity contribution in [3.05, 3.63) is 64.8 Å². The van der Waals surface area contributed by atoms with Gasteiger partial charge in [0.2, 0.25) is 0 Å². The van der Waals surface area contributed by atoms with Gasteiger partial charge in [-0.2, -0.15) is 0 Å². The Morgan fingerprint density at radius 2 is 2.00 bits per heavy atom. The Balaban J connectivity index is 1.66. The maximum atomic E-state index is 11.2. The van der Waals surface area contributed by atoms with Crippen LogP contribution in [0.1, 0.15) is 33.1 Å². The number of carbonyl (C=O) groups is 1. The smallest absolute Gasteiger partial charge is 0.335 e. The molecule has 0 saturated carbocycles. The molecule has 0 radical (unpaired) electrons. The zero-order chi connectivity index (χ0) is 21.0. The molecule has 2 unspecified atom stereocenters. The Bertz CT molecular complexity index is 1170. The molecule has 2 atom stereocenters. The van der Waals surface area contributed by atoms with Crippen LogP contribution in [0.25, 0.3) is 10.9 Å². The van der Waals surface area contributed by atoms with Crippen LogP contribution in [0.15, 0.2) is 42.5 Å². The summed E-state index contributed by atoms with van der Waals surface area (Å²) in [6.45, 7) is 3.33. The normalized spacial score (nSPS) is 20.3. The number of aromatic nitrogens is 1. The highest BCUT2D eigenvalue weighted by Crippen LogP contribution is 2.41. The summed E-state index contributed by atoms with van der Waals surface area (Å²) < 4.78 is 7.86. The molecule has 1 fully saturated rings. The summed E-state index contributed by atoms with van der Waals surface area (Å²) in [4.78, 5) is 16.8. The lowest BCUT2D eigenvalue weighted by molar-refractivity contribution is 0.0697. The molecular formula is C23H23N3O3S. The van der Waals surface area contributed by atoms with Gasteiger partial charge >= 0.3 is 5.97 Å². The van der Waals surface area contributed by atoms with Crippen molar-refractivity contribution in [2.24, 2.45) is 0 Å². The number of carboxylic acids is 1. The Morgan fingerprint density at radius 1 is 1.23 bits per heavy atom. The van der Waals surface area contributed by atoms with Gasteiger partial charge < -0.3 is 19.3 Å². The number of ether oxygens (including phenoxy) is 1. The number of fused-ring (bicyclic) bond motifs is 6. The minimum Gasteiger partial charge on any atom is -0.497 e. The lowest BCUT2D eigenvalue weighted by Gasteiger charge is -2.44. The van der Waals surface area contributed by atoms with E-state index >= 15 is 0 Å². The third-order valence-electron chi connectivity index (χ3n) is 6.21. The van der Waals surface area contributed by atoms with Crippen LogP contribution in [-0.4, -0.2) is 57.8 Å². The van der Waals surface area contributed by atoms with Crippen molar-refractivity contribution < 1.29 is 14.6 Å². The summed E-state index contributed by atoms with van der Waals surface area (Å²) in [6, 6.07) is 13.4. The molecule has 2 aliphatic heterocycles. The maximum absolute atomic E-state index is 11.2. The number of methoxy groups -OCH3 is 1. The highest BCUT2D eigenvalue weighted by atomic mass is 32.1.